The van der Waals surface area contributed by atoms with Crippen LogP contribution in [0.1, 0.15) is 31.4 Å². The van der Waals surface area contributed by atoms with Gasteiger partial charge in [-0.25, -0.2) is 4.98 Å². The Morgan fingerprint density at radius 3 is 3.00 bits per heavy atom. The highest BCUT2D eigenvalue weighted by Crippen LogP contribution is 2.28. The van der Waals surface area contributed by atoms with E-state index in [1.165, 1.54) is 0 Å². The Bertz CT molecular complexity index is 609. The first kappa shape index (κ1) is 15.6. The molecule has 1 aliphatic rings. The fraction of sp³-hybridized carbons (Fsp3) is 0.500. The zero-order valence-corrected chi connectivity index (χ0v) is 14.0. The molecule has 0 radical (unpaired) electrons. The van der Waals surface area contributed by atoms with Gasteiger partial charge in [-0.05, 0) is 24.3 Å². The molecule has 0 aliphatic heterocycles. The maximum absolute atomic E-state index is 12.2. The van der Waals surface area contributed by atoms with Gasteiger partial charge in [-0.3, -0.25) is 4.79 Å². The largest absolute Gasteiger partial charge is 0.396 e. The Kier molecular flexibility index (Phi) is 5.23. The van der Waals surface area contributed by atoms with Crippen molar-refractivity contribution in [1.29, 1.82) is 0 Å². The highest BCUT2D eigenvalue weighted by Gasteiger charge is 2.25. The second kappa shape index (κ2) is 7.35. The minimum atomic E-state index is 0.00776. The molecule has 0 bridgehead atoms. The highest BCUT2D eigenvalue weighted by atomic mass is 32.1. The minimum absolute atomic E-state index is 0.00776. The van der Waals surface area contributed by atoms with Gasteiger partial charge in [0.05, 0.1) is 17.0 Å². The van der Waals surface area contributed by atoms with Gasteiger partial charge in [0, 0.05) is 23.9 Å². The average Bonchev–Trinajstić information content (AvgIpc) is 3.18. The van der Waals surface area contributed by atoms with Crippen LogP contribution in [-0.2, 0) is 11.2 Å². The van der Waals surface area contributed by atoms with Crippen molar-refractivity contribution in [2.75, 3.05) is 6.61 Å². The molecule has 2 atom stereocenters. The number of aliphatic hydroxyl groups is 1. The summed E-state index contributed by atoms with van der Waals surface area (Å²) in [7, 11) is 0. The summed E-state index contributed by atoms with van der Waals surface area (Å²) in [6.45, 7) is 0.157. The molecule has 1 amide bonds. The maximum Gasteiger partial charge on any atom is 0.226 e. The SMILES string of the molecule is O=C(Cc1csc(-c2cccs2)n1)NC1CCCCC1CO. The number of carbonyl (C=O) groups excluding carboxylic acids is 1. The van der Waals surface area contributed by atoms with Gasteiger partial charge in [0.15, 0.2) is 0 Å². The van der Waals surface area contributed by atoms with E-state index >= 15 is 0 Å². The Hall–Kier alpha value is -1.24. The van der Waals surface area contributed by atoms with Gasteiger partial charge < -0.3 is 10.4 Å². The van der Waals surface area contributed by atoms with Crippen molar-refractivity contribution in [2.45, 2.75) is 38.1 Å². The number of thiophene rings is 1. The number of rotatable bonds is 5. The molecule has 2 N–H and O–H groups in total. The molecule has 2 unspecified atom stereocenters. The van der Waals surface area contributed by atoms with Crippen LogP contribution in [-0.4, -0.2) is 28.6 Å². The summed E-state index contributed by atoms with van der Waals surface area (Å²) in [5.41, 5.74) is 0.822. The normalized spacial score (nSPS) is 21.7. The molecule has 0 aromatic carbocycles. The van der Waals surface area contributed by atoms with Crippen molar-refractivity contribution >= 4 is 28.6 Å². The third-order valence-corrected chi connectivity index (χ3v) is 6.05. The predicted molar refractivity (Wildman–Crippen MR) is 90.1 cm³/mol. The van der Waals surface area contributed by atoms with E-state index < -0.39 is 0 Å². The van der Waals surface area contributed by atoms with E-state index in [1.54, 1.807) is 22.7 Å². The van der Waals surface area contributed by atoms with Crippen LogP contribution >= 0.6 is 22.7 Å². The van der Waals surface area contributed by atoms with Gasteiger partial charge in [-0.15, -0.1) is 22.7 Å². The molecule has 22 heavy (non-hydrogen) atoms. The maximum atomic E-state index is 12.2. The fourth-order valence-corrected chi connectivity index (χ4v) is 4.57. The van der Waals surface area contributed by atoms with E-state index in [0.717, 1.165) is 41.3 Å². The van der Waals surface area contributed by atoms with Crippen LogP contribution in [0, 0.1) is 5.92 Å². The van der Waals surface area contributed by atoms with Crippen LogP contribution in [0.15, 0.2) is 22.9 Å². The zero-order valence-electron chi connectivity index (χ0n) is 12.3. The monoisotopic (exact) mass is 336 g/mol. The van der Waals surface area contributed by atoms with Gasteiger partial charge >= 0.3 is 0 Å². The number of nitrogens with one attached hydrogen (secondary N) is 1. The molecule has 118 valence electrons. The molecule has 1 aliphatic carbocycles. The van der Waals surface area contributed by atoms with Gasteiger partial charge in [-0.1, -0.05) is 18.9 Å². The molecule has 0 spiro atoms. The number of hydrogen-bond donors (Lipinski definition) is 2. The topological polar surface area (TPSA) is 62.2 Å². The Morgan fingerprint density at radius 1 is 1.36 bits per heavy atom. The molecule has 2 aromatic heterocycles. The summed E-state index contributed by atoms with van der Waals surface area (Å²) >= 11 is 3.24. The molecule has 2 heterocycles. The third kappa shape index (κ3) is 3.74. The lowest BCUT2D eigenvalue weighted by molar-refractivity contribution is -0.121. The summed E-state index contributed by atoms with van der Waals surface area (Å²) in [6.07, 6.45) is 4.56. The van der Waals surface area contributed by atoms with Crippen LogP contribution in [0.5, 0.6) is 0 Å². The van der Waals surface area contributed by atoms with Crippen molar-refractivity contribution in [1.82, 2.24) is 10.3 Å². The molecule has 2 aromatic rings. The lowest BCUT2D eigenvalue weighted by Gasteiger charge is -2.30. The highest BCUT2D eigenvalue weighted by molar-refractivity contribution is 7.20. The minimum Gasteiger partial charge on any atom is -0.396 e. The molecular formula is C16H20N2O2S2. The van der Waals surface area contributed by atoms with E-state index in [4.69, 9.17) is 0 Å². The molecule has 3 rings (SSSR count). The van der Waals surface area contributed by atoms with Crippen LogP contribution in [0.3, 0.4) is 0 Å². The van der Waals surface area contributed by atoms with Crippen LogP contribution in [0.25, 0.3) is 9.88 Å². The summed E-state index contributed by atoms with van der Waals surface area (Å²) < 4.78 is 0. The number of amides is 1. The number of aromatic nitrogens is 1. The third-order valence-electron chi connectivity index (χ3n) is 4.12. The van der Waals surface area contributed by atoms with Crippen molar-refractivity contribution < 1.29 is 9.90 Å². The van der Waals surface area contributed by atoms with E-state index in [9.17, 15) is 9.90 Å². The summed E-state index contributed by atoms with van der Waals surface area (Å²) in [4.78, 5) is 17.9. The van der Waals surface area contributed by atoms with Gasteiger partial charge in [0.2, 0.25) is 5.91 Å². The Morgan fingerprint density at radius 2 is 2.23 bits per heavy atom. The van der Waals surface area contributed by atoms with Crippen molar-refractivity contribution in [3.63, 3.8) is 0 Å². The number of aliphatic hydroxyl groups excluding tert-OH is 1. The van der Waals surface area contributed by atoms with Crippen molar-refractivity contribution in [3.05, 3.63) is 28.6 Å². The molecular weight excluding hydrogens is 316 g/mol. The number of carbonyl (C=O) groups is 1. The summed E-state index contributed by atoms with van der Waals surface area (Å²) in [5.74, 6) is 0.211. The van der Waals surface area contributed by atoms with Gasteiger partial charge in [0.25, 0.3) is 0 Å². The zero-order chi connectivity index (χ0) is 15.4. The molecule has 1 fully saturated rings. The lowest BCUT2D eigenvalue weighted by Crippen LogP contribution is -2.44. The van der Waals surface area contributed by atoms with E-state index in [2.05, 4.69) is 10.3 Å². The van der Waals surface area contributed by atoms with Gasteiger partial charge in [0.1, 0.15) is 5.01 Å². The van der Waals surface area contributed by atoms with E-state index in [1.807, 2.05) is 22.9 Å². The number of thiazole rings is 1. The first-order valence-corrected chi connectivity index (χ1v) is 9.40. The number of nitrogens with zero attached hydrogens (tertiary/aromatic N) is 1. The lowest BCUT2D eigenvalue weighted by atomic mass is 9.85. The first-order valence-electron chi connectivity index (χ1n) is 7.65. The van der Waals surface area contributed by atoms with Crippen LogP contribution < -0.4 is 5.32 Å². The predicted octanol–water partition coefficient (Wildman–Crippen LogP) is 3.08. The number of hydrogen-bond acceptors (Lipinski definition) is 5. The second-order valence-electron chi connectivity index (χ2n) is 5.70. The van der Waals surface area contributed by atoms with Crippen LogP contribution in [0.4, 0.5) is 0 Å². The summed E-state index contributed by atoms with van der Waals surface area (Å²) in [6, 6.07) is 4.16. The van der Waals surface area contributed by atoms with Crippen molar-refractivity contribution in [2.24, 2.45) is 5.92 Å². The van der Waals surface area contributed by atoms with Gasteiger partial charge in [-0.2, -0.15) is 0 Å². The molecule has 6 heteroatoms. The van der Waals surface area contributed by atoms with E-state index in [-0.39, 0.29) is 24.5 Å². The molecule has 1 saturated carbocycles. The molecule has 0 saturated heterocycles. The average molecular weight is 336 g/mol. The standard InChI is InChI=1S/C16H20N2O2S2/c19-9-11-4-1-2-5-13(11)18-15(20)8-12-10-22-16(17-12)14-6-3-7-21-14/h3,6-7,10-11,13,19H,1-2,4-5,8-9H2,(H,18,20). The Labute approximate surface area is 138 Å². The van der Waals surface area contributed by atoms with E-state index in [0.29, 0.717) is 6.42 Å². The smallest absolute Gasteiger partial charge is 0.226 e. The summed E-state index contributed by atoms with van der Waals surface area (Å²) in [5, 5.41) is 17.5. The first-order chi connectivity index (χ1) is 10.8. The quantitative estimate of drug-likeness (QED) is 0.882. The Balaban J connectivity index is 1.57. The molecule has 4 nitrogen and oxygen atoms in total. The second-order valence-corrected chi connectivity index (χ2v) is 7.50. The van der Waals surface area contributed by atoms with Crippen LogP contribution in [0.2, 0.25) is 0 Å². The van der Waals surface area contributed by atoms with Crippen molar-refractivity contribution in [3.8, 4) is 9.88 Å². The fourth-order valence-electron chi connectivity index (χ4n) is 2.94.